The number of aromatic nitrogens is 5. The number of ether oxygens (including phenoxy) is 1. The van der Waals surface area contributed by atoms with Gasteiger partial charge in [-0.2, -0.15) is 5.10 Å². The van der Waals surface area contributed by atoms with Crippen LogP contribution in [0.25, 0.3) is 11.4 Å². The molecule has 0 saturated carbocycles. The van der Waals surface area contributed by atoms with Crippen molar-refractivity contribution in [2.75, 3.05) is 57.5 Å². The van der Waals surface area contributed by atoms with Crippen LogP contribution in [0, 0.1) is 11.3 Å². The van der Waals surface area contributed by atoms with Crippen LogP contribution in [0.1, 0.15) is 18.4 Å². The first kappa shape index (κ1) is 23.0. The molecule has 3 aromatic heterocycles. The smallest absolute Gasteiger partial charge is 0.222 e. The van der Waals surface area contributed by atoms with Crippen molar-refractivity contribution in [3.8, 4) is 17.3 Å². The van der Waals surface area contributed by atoms with E-state index in [2.05, 4.69) is 54.6 Å². The molecule has 11 nitrogen and oxygen atoms in total. The minimum atomic E-state index is 0.508. The maximum atomic E-state index is 8.93. The fraction of sp³-hybridized carbons (Fsp3) is 0.458. The second-order valence-corrected chi connectivity index (χ2v) is 9.33. The van der Waals surface area contributed by atoms with Crippen LogP contribution in [0.5, 0.6) is 5.88 Å². The van der Waals surface area contributed by atoms with Crippen molar-refractivity contribution in [3.63, 3.8) is 0 Å². The number of amidine groups is 1. The summed E-state index contributed by atoms with van der Waals surface area (Å²) >= 11 is 0. The Morgan fingerprint density at radius 3 is 3.00 bits per heavy atom. The molecule has 184 valence electrons. The number of pyridine rings is 1. The zero-order valence-corrected chi connectivity index (χ0v) is 20.5. The van der Waals surface area contributed by atoms with Crippen LogP contribution in [0.2, 0.25) is 0 Å². The lowest BCUT2D eigenvalue weighted by atomic mass is 10.1. The molecule has 35 heavy (non-hydrogen) atoms. The van der Waals surface area contributed by atoms with E-state index in [4.69, 9.17) is 10.1 Å². The van der Waals surface area contributed by atoms with Crippen molar-refractivity contribution in [2.45, 2.75) is 12.8 Å². The van der Waals surface area contributed by atoms with Crippen molar-refractivity contribution in [1.29, 1.82) is 5.41 Å². The van der Waals surface area contributed by atoms with Gasteiger partial charge >= 0.3 is 0 Å². The lowest BCUT2D eigenvalue weighted by Gasteiger charge is -2.23. The average molecular weight is 477 g/mol. The average Bonchev–Trinajstić information content (AvgIpc) is 3.44. The summed E-state index contributed by atoms with van der Waals surface area (Å²) < 4.78 is 7.75. The highest BCUT2D eigenvalue weighted by Crippen LogP contribution is 2.29. The molecule has 3 aromatic rings. The van der Waals surface area contributed by atoms with Gasteiger partial charge in [-0.25, -0.2) is 19.6 Å². The third kappa shape index (κ3) is 5.04. The molecule has 1 saturated heterocycles. The van der Waals surface area contributed by atoms with Crippen molar-refractivity contribution in [1.82, 2.24) is 34.5 Å². The standard InChI is InChI=1S/C24H32N10O/c1-32(2)14-16-6-9-34(15-16)22(25)17-12-28-21-11-19(17)26-7-4-10-35-24-18(13-29-33(24)3)23-27-8-5-20(30-21)31-23/h5,8,11-13,16,25-26H,4,6-7,9-10,14-15H2,1-3H3,(H,27,28,30,31). The fourth-order valence-corrected chi connectivity index (χ4v) is 4.63. The third-order valence-electron chi connectivity index (χ3n) is 6.30. The lowest BCUT2D eigenvalue weighted by molar-refractivity contribution is 0.289. The summed E-state index contributed by atoms with van der Waals surface area (Å²) in [6, 6.07) is 3.74. The van der Waals surface area contributed by atoms with Crippen molar-refractivity contribution < 1.29 is 4.74 Å². The highest BCUT2D eigenvalue weighted by molar-refractivity contribution is 6.01. The summed E-state index contributed by atoms with van der Waals surface area (Å²) in [5, 5.41) is 20.0. The molecule has 0 amide bonds. The van der Waals surface area contributed by atoms with Crippen LogP contribution in [0.3, 0.4) is 0 Å². The molecule has 0 spiro atoms. The maximum Gasteiger partial charge on any atom is 0.222 e. The largest absolute Gasteiger partial charge is 0.477 e. The molecule has 11 heteroatoms. The molecule has 0 aliphatic carbocycles. The van der Waals surface area contributed by atoms with Gasteiger partial charge in [0.1, 0.15) is 23.0 Å². The predicted octanol–water partition coefficient (Wildman–Crippen LogP) is 2.42. The summed E-state index contributed by atoms with van der Waals surface area (Å²) in [4.78, 5) is 18.1. The number of hydrogen-bond acceptors (Lipinski definition) is 9. The predicted molar refractivity (Wildman–Crippen MR) is 135 cm³/mol. The van der Waals surface area contributed by atoms with E-state index < -0.39 is 0 Å². The first-order valence-corrected chi connectivity index (χ1v) is 12.0. The van der Waals surface area contributed by atoms with Gasteiger partial charge in [0, 0.05) is 51.7 Å². The number of nitrogens with zero attached hydrogens (tertiary/aromatic N) is 7. The second kappa shape index (κ2) is 9.87. The van der Waals surface area contributed by atoms with E-state index in [1.807, 2.05) is 13.1 Å². The van der Waals surface area contributed by atoms with Gasteiger partial charge in [-0.3, -0.25) is 5.41 Å². The first-order chi connectivity index (χ1) is 17.0. The van der Waals surface area contributed by atoms with E-state index in [1.165, 1.54) is 0 Å². The zero-order valence-electron chi connectivity index (χ0n) is 20.5. The van der Waals surface area contributed by atoms with Gasteiger partial charge in [-0.1, -0.05) is 0 Å². The Bertz CT molecular complexity index is 1210. The highest BCUT2D eigenvalue weighted by Gasteiger charge is 2.27. The van der Waals surface area contributed by atoms with Crippen molar-refractivity contribution >= 4 is 23.2 Å². The number of hydrogen-bond donors (Lipinski definition) is 3. The topological polar surface area (TPSA) is 120 Å². The Morgan fingerprint density at radius 1 is 1.26 bits per heavy atom. The van der Waals surface area contributed by atoms with Crippen LogP contribution in [0.4, 0.5) is 17.3 Å². The van der Waals surface area contributed by atoms with E-state index in [0.29, 0.717) is 48.2 Å². The number of likely N-dealkylation sites (tertiary alicyclic amines) is 1. The Hall–Kier alpha value is -3.73. The highest BCUT2D eigenvalue weighted by atomic mass is 16.5. The number of rotatable bonds is 3. The zero-order chi connectivity index (χ0) is 24.4. The minimum Gasteiger partial charge on any atom is -0.477 e. The van der Waals surface area contributed by atoms with Gasteiger partial charge < -0.3 is 25.2 Å². The second-order valence-electron chi connectivity index (χ2n) is 9.33. The molecule has 5 rings (SSSR count). The molecule has 3 N–H and O–H groups in total. The van der Waals surface area contributed by atoms with Crippen molar-refractivity contribution in [3.05, 3.63) is 36.3 Å². The minimum absolute atomic E-state index is 0.508. The van der Waals surface area contributed by atoms with Crippen LogP contribution >= 0.6 is 0 Å². The Kier molecular flexibility index (Phi) is 6.49. The molecule has 2 aliphatic rings. The van der Waals surface area contributed by atoms with Gasteiger partial charge in [-0.15, -0.1) is 0 Å². The van der Waals surface area contributed by atoms with Crippen LogP contribution in [0.15, 0.2) is 30.7 Å². The van der Waals surface area contributed by atoms with Gasteiger partial charge in [0.25, 0.3) is 0 Å². The fourth-order valence-electron chi connectivity index (χ4n) is 4.63. The van der Waals surface area contributed by atoms with E-state index in [1.54, 1.807) is 29.3 Å². The van der Waals surface area contributed by atoms with E-state index in [9.17, 15) is 0 Å². The molecule has 5 heterocycles. The molecular weight excluding hydrogens is 444 g/mol. The summed E-state index contributed by atoms with van der Waals surface area (Å²) in [7, 11) is 6.05. The Balaban J connectivity index is 1.42. The van der Waals surface area contributed by atoms with E-state index in [0.717, 1.165) is 49.3 Å². The summed E-state index contributed by atoms with van der Waals surface area (Å²) in [5.41, 5.74) is 2.42. The number of fused-ring (bicyclic) bond motifs is 6. The molecule has 1 atom stereocenters. The molecule has 4 bridgehead atoms. The third-order valence-corrected chi connectivity index (χ3v) is 6.30. The normalized spacial score (nSPS) is 17.7. The number of aryl methyl sites for hydroxylation is 1. The lowest BCUT2D eigenvalue weighted by Crippen LogP contribution is -2.31. The van der Waals surface area contributed by atoms with E-state index >= 15 is 0 Å². The van der Waals surface area contributed by atoms with Gasteiger partial charge in [0.05, 0.1) is 24.1 Å². The maximum absolute atomic E-state index is 8.93. The van der Waals surface area contributed by atoms with Gasteiger partial charge in [0.2, 0.25) is 5.88 Å². The summed E-state index contributed by atoms with van der Waals surface area (Å²) in [6.45, 7) is 4.03. The molecule has 0 radical (unpaired) electrons. The van der Waals surface area contributed by atoms with Gasteiger partial charge in [-0.05, 0) is 38.9 Å². The Morgan fingerprint density at radius 2 is 2.14 bits per heavy atom. The van der Waals surface area contributed by atoms with Crippen molar-refractivity contribution in [2.24, 2.45) is 13.0 Å². The first-order valence-electron chi connectivity index (χ1n) is 12.0. The Labute approximate surface area is 205 Å². The SMILES string of the molecule is CN(C)CC1CCN(C(=N)c2cnc3cc2NCCCOc2c(cnn2C)-c2nccc(n2)N3)C1. The summed E-state index contributed by atoms with van der Waals surface area (Å²) in [5.74, 6) is 3.53. The van der Waals surface area contributed by atoms with Crippen LogP contribution in [-0.4, -0.2) is 87.2 Å². The quantitative estimate of drug-likeness (QED) is 0.387. The molecular formula is C24H32N10O. The molecule has 0 aromatic carbocycles. The van der Waals surface area contributed by atoms with Crippen LogP contribution in [-0.2, 0) is 7.05 Å². The van der Waals surface area contributed by atoms with Crippen LogP contribution < -0.4 is 15.4 Å². The number of anilines is 3. The van der Waals surface area contributed by atoms with Gasteiger partial charge in [0.15, 0.2) is 5.82 Å². The monoisotopic (exact) mass is 476 g/mol. The van der Waals surface area contributed by atoms with E-state index in [-0.39, 0.29) is 0 Å². The summed E-state index contributed by atoms with van der Waals surface area (Å²) in [6.07, 6.45) is 7.07. The molecule has 2 aliphatic heterocycles. The molecule has 1 fully saturated rings. The molecule has 1 unspecified atom stereocenters. The number of nitrogens with one attached hydrogen (secondary N) is 3.